The second-order valence-electron chi connectivity index (χ2n) is 6.09. The van der Waals surface area contributed by atoms with Crippen molar-refractivity contribution in [2.45, 2.75) is 38.8 Å². The van der Waals surface area contributed by atoms with Gasteiger partial charge in [-0.25, -0.2) is 4.39 Å². The van der Waals surface area contributed by atoms with Gasteiger partial charge in [-0.3, -0.25) is 4.79 Å². The van der Waals surface area contributed by atoms with E-state index in [0.717, 1.165) is 24.1 Å². The van der Waals surface area contributed by atoms with E-state index >= 15 is 0 Å². The molecule has 1 heterocycles. The Balaban J connectivity index is 1.83. The quantitative estimate of drug-likeness (QED) is 0.811. The monoisotopic (exact) mass is 347 g/mol. The molecule has 1 aliphatic rings. The molecule has 0 aliphatic carbocycles. The highest BCUT2D eigenvalue weighted by molar-refractivity contribution is 6.30. The summed E-state index contributed by atoms with van der Waals surface area (Å²) >= 11 is 5.95. The third-order valence-corrected chi connectivity index (χ3v) is 4.50. The molecule has 1 aliphatic heterocycles. The summed E-state index contributed by atoms with van der Waals surface area (Å²) < 4.78 is 19.2. The van der Waals surface area contributed by atoms with Gasteiger partial charge < -0.3 is 9.64 Å². The number of hydrogen-bond donors (Lipinski definition) is 0. The number of fused-ring (bicyclic) bond motifs is 1. The molecule has 0 saturated carbocycles. The molecule has 5 heteroatoms. The zero-order chi connectivity index (χ0) is 17.3. The average molecular weight is 348 g/mol. The maximum absolute atomic E-state index is 13.5. The van der Waals surface area contributed by atoms with Crippen molar-refractivity contribution in [3.63, 3.8) is 0 Å². The summed E-state index contributed by atoms with van der Waals surface area (Å²) in [6.45, 7) is 3.71. The van der Waals surface area contributed by atoms with Crippen molar-refractivity contribution >= 4 is 23.2 Å². The van der Waals surface area contributed by atoms with Gasteiger partial charge in [-0.1, -0.05) is 17.7 Å². The van der Waals surface area contributed by atoms with Gasteiger partial charge in [-0.15, -0.1) is 0 Å². The Bertz CT molecular complexity index is 765. The highest BCUT2D eigenvalue weighted by atomic mass is 35.5. The lowest BCUT2D eigenvalue weighted by molar-refractivity contribution is -0.125. The van der Waals surface area contributed by atoms with Crippen LogP contribution in [-0.2, 0) is 11.2 Å². The van der Waals surface area contributed by atoms with Crippen LogP contribution in [-0.4, -0.2) is 18.1 Å². The zero-order valence-electron chi connectivity index (χ0n) is 13.6. The number of aryl methyl sites for hydroxylation is 1. The van der Waals surface area contributed by atoms with Crippen LogP contribution in [0.5, 0.6) is 5.75 Å². The summed E-state index contributed by atoms with van der Waals surface area (Å²) in [5.41, 5.74) is 1.62. The molecule has 1 amide bonds. The Kier molecular flexibility index (Phi) is 4.76. The first-order valence-corrected chi connectivity index (χ1v) is 8.37. The minimum Gasteiger partial charge on any atom is -0.481 e. The number of carbonyl (C=O) groups excluding carboxylic acids is 1. The van der Waals surface area contributed by atoms with E-state index in [1.54, 1.807) is 42.2 Å². The second-order valence-corrected chi connectivity index (χ2v) is 6.52. The lowest BCUT2D eigenvalue weighted by Crippen LogP contribution is -2.48. The smallest absolute Gasteiger partial charge is 0.268 e. The van der Waals surface area contributed by atoms with Gasteiger partial charge in [-0.05, 0) is 68.7 Å². The van der Waals surface area contributed by atoms with Crippen LogP contribution in [0.25, 0.3) is 0 Å². The van der Waals surface area contributed by atoms with E-state index in [4.69, 9.17) is 16.3 Å². The molecule has 2 aromatic rings. The van der Waals surface area contributed by atoms with Crippen LogP contribution in [0.4, 0.5) is 10.1 Å². The first kappa shape index (κ1) is 16.8. The molecule has 2 atom stereocenters. The van der Waals surface area contributed by atoms with Crippen LogP contribution < -0.4 is 9.64 Å². The normalized spacial score (nSPS) is 18.0. The topological polar surface area (TPSA) is 29.5 Å². The summed E-state index contributed by atoms with van der Waals surface area (Å²) in [5, 5.41) is 0.555. The molecule has 2 unspecified atom stereocenters. The van der Waals surface area contributed by atoms with Gasteiger partial charge in [0, 0.05) is 16.8 Å². The van der Waals surface area contributed by atoms with E-state index in [1.807, 2.05) is 6.92 Å². The van der Waals surface area contributed by atoms with Gasteiger partial charge in [0.05, 0.1) is 0 Å². The van der Waals surface area contributed by atoms with Crippen LogP contribution in [0.15, 0.2) is 42.5 Å². The molecule has 0 radical (unpaired) electrons. The van der Waals surface area contributed by atoms with E-state index in [1.165, 1.54) is 12.1 Å². The predicted octanol–water partition coefficient (Wildman–Crippen LogP) is 4.61. The highest BCUT2D eigenvalue weighted by Crippen LogP contribution is 2.32. The Morgan fingerprint density at radius 2 is 2.12 bits per heavy atom. The summed E-state index contributed by atoms with van der Waals surface area (Å²) in [7, 11) is 0. The summed E-state index contributed by atoms with van der Waals surface area (Å²) in [5.74, 6) is 0.126. The minimum atomic E-state index is -0.665. The van der Waals surface area contributed by atoms with Gasteiger partial charge in [0.1, 0.15) is 11.6 Å². The molecule has 0 fully saturated rings. The van der Waals surface area contributed by atoms with Gasteiger partial charge in [0.2, 0.25) is 0 Å². The molecule has 24 heavy (non-hydrogen) atoms. The summed E-state index contributed by atoms with van der Waals surface area (Å²) in [4.78, 5) is 14.6. The Morgan fingerprint density at radius 1 is 1.33 bits per heavy atom. The molecule has 0 aromatic heterocycles. The molecule has 0 N–H and O–H groups in total. The van der Waals surface area contributed by atoms with Crippen molar-refractivity contribution in [3.05, 3.63) is 58.9 Å². The number of rotatable bonds is 3. The van der Waals surface area contributed by atoms with Crippen molar-refractivity contribution in [3.8, 4) is 5.75 Å². The van der Waals surface area contributed by atoms with E-state index in [-0.39, 0.29) is 17.8 Å². The average Bonchev–Trinajstić information content (AvgIpc) is 2.54. The third-order valence-electron chi connectivity index (χ3n) is 4.27. The van der Waals surface area contributed by atoms with Crippen molar-refractivity contribution in [2.75, 3.05) is 4.90 Å². The lowest BCUT2D eigenvalue weighted by atomic mass is 9.96. The van der Waals surface area contributed by atoms with Crippen LogP contribution in [0.2, 0.25) is 5.02 Å². The number of benzene rings is 2. The molecule has 0 spiro atoms. The van der Waals surface area contributed by atoms with Crippen LogP contribution >= 0.6 is 11.6 Å². The van der Waals surface area contributed by atoms with E-state index in [9.17, 15) is 9.18 Å². The van der Waals surface area contributed by atoms with Crippen LogP contribution in [0, 0.1) is 5.82 Å². The van der Waals surface area contributed by atoms with Gasteiger partial charge in [0.25, 0.3) is 5.91 Å². The predicted molar refractivity (Wildman–Crippen MR) is 93.2 cm³/mol. The standard InChI is InChI=1S/C19H19ClFNO2/c1-12-6-7-14-10-16(21)8-9-18(14)22(12)19(23)13(2)24-17-5-3-4-15(20)11-17/h3-5,8-13H,6-7H2,1-2H3. The highest BCUT2D eigenvalue weighted by Gasteiger charge is 2.32. The second kappa shape index (κ2) is 6.81. The fourth-order valence-corrected chi connectivity index (χ4v) is 3.23. The number of hydrogen-bond acceptors (Lipinski definition) is 2. The van der Waals surface area contributed by atoms with E-state index < -0.39 is 6.10 Å². The number of nitrogens with zero attached hydrogens (tertiary/aromatic N) is 1. The van der Waals surface area contributed by atoms with E-state index in [0.29, 0.717) is 10.8 Å². The van der Waals surface area contributed by atoms with Gasteiger partial charge >= 0.3 is 0 Å². The van der Waals surface area contributed by atoms with Crippen LogP contribution in [0.1, 0.15) is 25.8 Å². The number of ether oxygens (including phenoxy) is 1. The fraction of sp³-hybridized carbons (Fsp3) is 0.316. The van der Waals surface area contributed by atoms with Crippen LogP contribution in [0.3, 0.4) is 0 Å². The van der Waals surface area contributed by atoms with Gasteiger partial charge in [-0.2, -0.15) is 0 Å². The first-order chi connectivity index (χ1) is 11.5. The molecule has 3 nitrogen and oxygen atoms in total. The number of carbonyl (C=O) groups is 1. The minimum absolute atomic E-state index is 0.0425. The van der Waals surface area contributed by atoms with E-state index in [2.05, 4.69) is 0 Å². The Morgan fingerprint density at radius 3 is 2.88 bits per heavy atom. The summed E-state index contributed by atoms with van der Waals surface area (Å²) in [6.07, 6.45) is 0.898. The Hall–Kier alpha value is -2.07. The number of amides is 1. The first-order valence-electron chi connectivity index (χ1n) is 7.99. The van der Waals surface area contributed by atoms with Gasteiger partial charge in [0.15, 0.2) is 6.10 Å². The van der Waals surface area contributed by atoms with Crippen molar-refractivity contribution in [1.82, 2.24) is 0 Å². The van der Waals surface area contributed by atoms with Crippen molar-refractivity contribution in [2.24, 2.45) is 0 Å². The Labute approximate surface area is 146 Å². The molecular weight excluding hydrogens is 329 g/mol. The lowest BCUT2D eigenvalue weighted by Gasteiger charge is -2.36. The zero-order valence-corrected chi connectivity index (χ0v) is 14.4. The third kappa shape index (κ3) is 3.39. The summed E-state index contributed by atoms with van der Waals surface area (Å²) in [6, 6.07) is 11.6. The van der Waals surface area contributed by atoms with Crippen molar-refractivity contribution in [1.29, 1.82) is 0 Å². The molecule has 0 saturated heterocycles. The number of halogens is 2. The molecule has 126 valence electrons. The molecule has 3 rings (SSSR count). The SMILES string of the molecule is CC(Oc1cccc(Cl)c1)C(=O)N1c2ccc(F)cc2CCC1C. The largest absolute Gasteiger partial charge is 0.481 e. The van der Waals surface area contributed by atoms with Crippen molar-refractivity contribution < 1.29 is 13.9 Å². The molecular formula is C19H19ClFNO2. The number of anilines is 1. The molecule has 2 aromatic carbocycles. The maximum atomic E-state index is 13.5. The maximum Gasteiger partial charge on any atom is 0.268 e. The fourth-order valence-electron chi connectivity index (χ4n) is 3.05. The molecule has 0 bridgehead atoms.